The Morgan fingerprint density at radius 3 is 3.00 bits per heavy atom. The summed E-state index contributed by atoms with van der Waals surface area (Å²) >= 11 is 3.04. The molecule has 22 heavy (non-hydrogen) atoms. The highest BCUT2D eigenvalue weighted by Gasteiger charge is 2.08. The van der Waals surface area contributed by atoms with Crippen molar-refractivity contribution >= 4 is 45.0 Å². The van der Waals surface area contributed by atoms with Crippen LogP contribution in [-0.4, -0.2) is 26.7 Å². The first-order valence-electron chi connectivity index (χ1n) is 6.58. The van der Waals surface area contributed by atoms with E-state index >= 15 is 0 Å². The highest BCUT2D eigenvalue weighted by atomic mass is 32.2. The van der Waals surface area contributed by atoms with Gasteiger partial charge in [-0.25, -0.2) is 9.97 Å². The summed E-state index contributed by atoms with van der Waals surface area (Å²) in [5.41, 5.74) is 6.84. The molecular formula is C14H14N6S2. The lowest BCUT2D eigenvalue weighted by molar-refractivity contribution is 1.00. The molecule has 2 aromatic heterocycles. The van der Waals surface area contributed by atoms with E-state index in [2.05, 4.69) is 32.1 Å². The molecule has 1 aromatic carbocycles. The van der Waals surface area contributed by atoms with Crippen LogP contribution in [0.4, 0.5) is 10.9 Å². The van der Waals surface area contributed by atoms with Crippen molar-refractivity contribution in [2.24, 2.45) is 0 Å². The Morgan fingerprint density at radius 2 is 2.14 bits per heavy atom. The van der Waals surface area contributed by atoms with Gasteiger partial charge in [-0.15, -0.1) is 16.8 Å². The van der Waals surface area contributed by atoms with Crippen LogP contribution in [0.25, 0.3) is 10.9 Å². The van der Waals surface area contributed by atoms with Gasteiger partial charge in [-0.05, 0) is 12.1 Å². The third-order valence-electron chi connectivity index (χ3n) is 2.81. The minimum absolute atomic E-state index is 0.506. The van der Waals surface area contributed by atoms with Gasteiger partial charge in [0, 0.05) is 11.9 Å². The molecule has 0 atom stereocenters. The molecule has 0 spiro atoms. The maximum absolute atomic E-state index is 5.98. The maximum Gasteiger partial charge on any atom is 0.206 e. The molecule has 0 radical (unpaired) electrons. The van der Waals surface area contributed by atoms with Gasteiger partial charge < -0.3 is 11.1 Å². The first kappa shape index (κ1) is 14.7. The number of nitrogens with one attached hydrogen (secondary N) is 1. The van der Waals surface area contributed by atoms with Gasteiger partial charge in [0.05, 0.1) is 11.3 Å². The van der Waals surface area contributed by atoms with E-state index in [9.17, 15) is 0 Å². The fourth-order valence-corrected chi connectivity index (χ4v) is 3.45. The van der Waals surface area contributed by atoms with Crippen molar-refractivity contribution in [1.29, 1.82) is 0 Å². The topological polar surface area (TPSA) is 89.6 Å². The number of hydrogen-bond acceptors (Lipinski definition) is 8. The number of nitrogens with zero attached hydrogens (tertiary/aromatic N) is 4. The summed E-state index contributed by atoms with van der Waals surface area (Å²) in [7, 11) is 0. The quantitative estimate of drug-likeness (QED) is 0.530. The SMILES string of the molecule is C=CCNc1nnc(SCc2nc(N)c3ccccc3n2)s1. The predicted molar refractivity (Wildman–Crippen MR) is 92.1 cm³/mol. The zero-order chi connectivity index (χ0) is 15.4. The second kappa shape index (κ2) is 6.71. The number of nitrogen functional groups attached to an aromatic ring is 1. The second-order valence-corrected chi connectivity index (χ2v) is 6.57. The van der Waals surface area contributed by atoms with Crippen molar-refractivity contribution in [2.45, 2.75) is 10.1 Å². The van der Waals surface area contributed by atoms with E-state index in [0.717, 1.165) is 20.4 Å². The summed E-state index contributed by atoms with van der Waals surface area (Å²) in [5, 5.41) is 12.9. The summed E-state index contributed by atoms with van der Waals surface area (Å²) in [4.78, 5) is 8.87. The highest BCUT2D eigenvalue weighted by molar-refractivity contribution is 8.00. The number of thioether (sulfide) groups is 1. The largest absolute Gasteiger partial charge is 0.383 e. The molecule has 2 heterocycles. The van der Waals surface area contributed by atoms with Crippen molar-refractivity contribution in [3.63, 3.8) is 0 Å². The Kier molecular flexibility index (Phi) is 4.50. The number of hydrogen-bond donors (Lipinski definition) is 2. The molecule has 3 aromatic rings. The van der Waals surface area contributed by atoms with Gasteiger partial charge in [0.15, 0.2) is 4.34 Å². The zero-order valence-electron chi connectivity index (χ0n) is 11.7. The van der Waals surface area contributed by atoms with E-state index in [0.29, 0.717) is 23.9 Å². The second-order valence-electron chi connectivity index (χ2n) is 4.37. The highest BCUT2D eigenvalue weighted by Crippen LogP contribution is 2.28. The lowest BCUT2D eigenvalue weighted by atomic mass is 10.2. The van der Waals surface area contributed by atoms with E-state index in [1.807, 2.05) is 24.3 Å². The van der Waals surface area contributed by atoms with E-state index in [-0.39, 0.29) is 0 Å². The Bertz CT molecular complexity index is 801. The molecule has 3 N–H and O–H groups in total. The fourth-order valence-electron chi connectivity index (χ4n) is 1.84. The average molecular weight is 330 g/mol. The fraction of sp³-hybridized carbons (Fsp3) is 0.143. The molecule has 0 bridgehead atoms. The minimum atomic E-state index is 0.506. The first-order chi connectivity index (χ1) is 10.8. The molecule has 0 aliphatic rings. The van der Waals surface area contributed by atoms with Crippen LogP contribution >= 0.6 is 23.1 Å². The predicted octanol–water partition coefficient (Wildman–Crippen LogP) is 2.95. The number of fused-ring (bicyclic) bond motifs is 1. The van der Waals surface area contributed by atoms with Gasteiger partial charge in [-0.3, -0.25) is 0 Å². The molecule has 0 amide bonds. The van der Waals surface area contributed by atoms with Crippen molar-refractivity contribution in [3.05, 3.63) is 42.7 Å². The Hall–Kier alpha value is -2.19. The molecule has 0 unspecified atom stereocenters. The van der Waals surface area contributed by atoms with Crippen molar-refractivity contribution in [3.8, 4) is 0 Å². The van der Waals surface area contributed by atoms with Crippen molar-refractivity contribution in [1.82, 2.24) is 20.2 Å². The number of para-hydroxylation sites is 1. The van der Waals surface area contributed by atoms with Crippen molar-refractivity contribution < 1.29 is 0 Å². The lowest BCUT2D eigenvalue weighted by Gasteiger charge is -2.03. The molecule has 0 fully saturated rings. The monoisotopic (exact) mass is 330 g/mol. The zero-order valence-corrected chi connectivity index (χ0v) is 13.3. The minimum Gasteiger partial charge on any atom is -0.383 e. The van der Waals surface area contributed by atoms with E-state index < -0.39 is 0 Å². The molecule has 112 valence electrons. The van der Waals surface area contributed by atoms with E-state index in [1.165, 1.54) is 11.3 Å². The number of nitrogens with two attached hydrogens (primary N) is 1. The third-order valence-corrected chi connectivity index (χ3v) is 4.82. The molecule has 8 heteroatoms. The van der Waals surface area contributed by atoms with Crippen LogP contribution < -0.4 is 11.1 Å². The molecule has 0 saturated heterocycles. The number of benzene rings is 1. The summed E-state index contributed by atoms with van der Waals surface area (Å²) in [5.74, 6) is 1.80. The van der Waals surface area contributed by atoms with Gasteiger partial charge in [-0.1, -0.05) is 41.3 Å². The van der Waals surface area contributed by atoms with E-state index in [1.54, 1.807) is 17.8 Å². The maximum atomic E-state index is 5.98. The van der Waals surface area contributed by atoms with Crippen LogP contribution in [0.2, 0.25) is 0 Å². The first-order valence-corrected chi connectivity index (χ1v) is 8.38. The normalized spacial score (nSPS) is 10.7. The number of rotatable bonds is 6. The van der Waals surface area contributed by atoms with Crippen LogP contribution in [0.1, 0.15) is 5.82 Å². The van der Waals surface area contributed by atoms with Gasteiger partial charge >= 0.3 is 0 Å². The molecular weight excluding hydrogens is 316 g/mol. The van der Waals surface area contributed by atoms with Crippen molar-refractivity contribution in [2.75, 3.05) is 17.6 Å². The van der Waals surface area contributed by atoms with Gasteiger partial charge in [0.1, 0.15) is 11.6 Å². The molecule has 0 saturated carbocycles. The van der Waals surface area contributed by atoms with E-state index in [4.69, 9.17) is 5.73 Å². The van der Waals surface area contributed by atoms with Crippen LogP contribution in [-0.2, 0) is 5.75 Å². The Balaban J connectivity index is 1.71. The Labute approximate surface area is 135 Å². The summed E-state index contributed by atoms with van der Waals surface area (Å²) in [6.07, 6.45) is 1.78. The molecule has 0 aliphatic carbocycles. The van der Waals surface area contributed by atoms with Crippen LogP contribution in [0.5, 0.6) is 0 Å². The van der Waals surface area contributed by atoms with Gasteiger partial charge in [0.25, 0.3) is 0 Å². The molecule has 6 nitrogen and oxygen atoms in total. The van der Waals surface area contributed by atoms with Gasteiger partial charge in [-0.2, -0.15) is 0 Å². The third kappa shape index (κ3) is 3.34. The summed E-state index contributed by atoms with van der Waals surface area (Å²) < 4.78 is 0.863. The van der Waals surface area contributed by atoms with Crippen LogP contribution in [0.15, 0.2) is 41.3 Å². The average Bonchev–Trinajstić information content (AvgIpc) is 2.99. The smallest absolute Gasteiger partial charge is 0.206 e. The summed E-state index contributed by atoms with van der Waals surface area (Å²) in [6.45, 7) is 4.32. The lowest BCUT2D eigenvalue weighted by Crippen LogP contribution is -1.99. The Morgan fingerprint density at radius 1 is 1.27 bits per heavy atom. The van der Waals surface area contributed by atoms with Gasteiger partial charge in [0.2, 0.25) is 5.13 Å². The summed E-state index contributed by atoms with van der Waals surface area (Å²) in [6, 6.07) is 7.72. The van der Waals surface area contributed by atoms with Crippen LogP contribution in [0, 0.1) is 0 Å². The molecule has 0 aliphatic heterocycles. The standard InChI is InChI=1S/C14H14N6S2/c1-2-7-16-13-19-20-14(22-13)21-8-11-17-10-6-4-3-5-9(10)12(15)18-11/h2-6H,1,7-8H2,(H,16,19)(H2,15,17,18). The molecule has 3 rings (SSSR count). The number of anilines is 2. The van der Waals surface area contributed by atoms with Crippen LogP contribution in [0.3, 0.4) is 0 Å². The number of aromatic nitrogens is 4.